The summed E-state index contributed by atoms with van der Waals surface area (Å²) in [5.41, 5.74) is 5.63. The zero-order chi connectivity index (χ0) is 13.5. The second-order valence-electron chi connectivity index (χ2n) is 6.25. The molecule has 0 bridgehead atoms. The normalized spacial score (nSPS) is 24.3. The molecule has 2 atom stereocenters. The molecule has 1 saturated carbocycles. The fraction of sp³-hybridized carbons (Fsp3) is 0.933. The SMILES string of the molecule is CC(C)CCN(C)C(=O)C1CCCC(CCN)C1. The second kappa shape index (κ2) is 7.78. The van der Waals surface area contributed by atoms with Gasteiger partial charge in [-0.3, -0.25) is 4.79 Å². The molecule has 18 heavy (non-hydrogen) atoms. The Morgan fingerprint density at radius 1 is 1.39 bits per heavy atom. The minimum absolute atomic E-state index is 0.257. The van der Waals surface area contributed by atoms with Crippen LogP contribution in [0.2, 0.25) is 0 Å². The average Bonchev–Trinajstić information content (AvgIpc) is 2.35. The molecule has 3 heteroatoms. The van der Waals surface area contributed by atoms with Crippen molar-refractivity contribution < 1.29 is 4.79 Å². The van der Waals surface area contributed by atoms with E-state index in [-0.39, 0.29) is 5.92 Å². The highest BCUT2D eigenvalue weighted by Gasteiger charge is 2.28. The van der Waals surface area contributed by atoms with Gasteiger partial charge in [-0.05, 0) is 44.1 Å². The summed E-state index contributed by atoms with van der Waals surface area (Å²) in [7, 11) is 1.96. The highest BCUT2D eigenvalue weighted by Crippen LogP contribution is 2.31. The maximum Gasteiger partial charge on any atom is 0.225 e. The third-order valence-electron chi connectivity index (χ3n) is 4.13. The van der Waals surface area contributed by atoms with E-state index in [0.29, 0.717) is 17.7 Å². The van der Waals surface area contributed by atoms with E-state index in [4.69, 9.17) is 5.73 Å². The Morgan fingerprint density at radius 2 is 2.11 bits per heavy atom. The summed E-state index contributed by atoms with van der Waals surface area (Å²) >= 11 is 0. The van der Waals surface area contributed by atoms with Crippen molar-refractivity contribution in [2.24, 2.45) is 23.5 Å². The molecule has 0 heterocycles. The predicted molar refractivity (Wildman–Crippen MR) is 76.2 cm³/mol. The van der Waals surface area contributed by atoms with Gasteiger partial charge in [0.1, 0.15) is 0 Å². The molecule has 0 aromatic rings. The van der Waals surface area contributed by atoms with E-state index in [1.165, 1.54) is 12.8 Å². The maximum atomic E-state index is 12.4. The van der Waals surface area contributed by atoms with Crippen LogP contribution in [0.5, 0.6) is 0 Å². The van der Waals surface area contributed by atoms with Gasteiger partial charge in [-0.1, -0.05) is 26.7 Å². The molecular formula is C15H30N2O. The fourth-order valence-corrected chi connectivity index (χ4v) is 2.89. The van der Waals surface area contributed by atoms with E-state index >= 15 is 0 Å². The standard InChI is InChI=1S/C15H30N2O/c1-12(2)8-10-17(3)15(18)14-6-4-5-13(11-14)7-9-16/h12-14H,4-11,16H2,1-3H3. The van der Waals surface area contributed by atoms with E-state index < -0.39 is 0 Å². The molecule has 0 aromatic heterocycles. The van der Waals surface area contributed by atoms with Gasteiger partial charge < -0.3 is 10.6 Å². The fourth-order valence-electron chi connectivity index (χ4n) is 2.89. The molecule has 1 aliphatic carbocycles. The van der Waals surface area contributed by atoms with Crippen LogP contribution in [0.25, 0.3) is 0 Å². The van der Waals surface area contributed by atoms with Gasteiger partial charge in [-0.2, -0.15) is 0 Å². The van der Waals surface area contributed by atoms with Crippen LogP contribution >= 0.6 is 0 Å². The van der Waals surface area contributed by atoms with E-state index in [2.05, 4.69) is 13.8 Å². The van der Waals surface area contributed by atoms with Gasteiger partial charge in [-0.15, -0.1) is 0 Å². The third-order valence-corrected chi connectivity index (χ3v) is 4.13. The molecular weight excluding hydrogens is 224 g/mol. The molecule has 0 radical (unpaired) electrons. The van der Waals surface area contributed by atoms with Crippen molar-refractivity contribution in [3.63, 3.8) is 0 Å². The zero-order valence-corrected chi connectivity index (χ0v) is 12.3. The van der Waals surface area contributed by atoms with E-state index in [1.807, 2.05) is 11.9 Å². The van der Waals surface area contributed by atoms with Crippen molar-refractivity contribution in [1.82, 2.24) is 4.90 Å². The Balaban J connectivity index is 2.39. The van der Waals surface area contributed by atoms with Crippen LogP contribution in [0.1, 0.15) is 52.4 Å². The Kier molecular flexibility index (Phi) is 6.69. The van der Waals surface area contributed by atoms with Crippen molar-refractivity contribution in [3.8, 4) is 0 Å². The first-order chi connectivity index (χ1) is 8.54. The molecule has 2 N–H and O–H groups in total. The molecule has 106 valence electrons. The van der Waals surface area contributed by atoms with Crippen LogP contribution in [0.4, 0.5) is 0 Å². The number of nitrogens with zero attached hydrogens (tertiary/aromatic N) is 1. The largest absolute Gasteiger partial charge is 0.346 e. The molecule has 1 aliphatic rings. The summed E-state index contributed by atoms with van der Waals surface area (Å²) in [5.74, 6) is 1.96. The molecule has 1 fully saturated rings. The van der Waals surface area contributed by atoms with Crippen molar-refractivity contribution in [3.05, 3.63) is 0 Å². The Labute approximate surface area is 112 Å². The maximum absolute atomic E-state index is 12.4. The molecule has 0 aliphatic heterocycles. The van der Waals surface area contributed by atoms with Crippen molar-refractivity contribution in [1.29, 1.82) is 0 Å². The van der Waals surface area contributed by atoms with Gasteiger partial charge >= 0.3 is 0 Å². The first kappa shape index (κ1) is 15.5. The molecule has 0 spiro atoms. The summed E-state index contributed by atoms with van der Waals surface area (Å²) in [5, 5.41) is 0. The number of rotatable bonds is 6. The molecule has 1 rings (SSSR count). The van der Waals surface area contributed by atoms with Gasteiger partial charge in [0, 0.05) is 19.5 Å². The Bertz CT molecular complexity index is 251. The van der Waals surface area contributed by atoms with Crippen LogP contribution in [-0.2, 0) is 4.79 Å². The van der Waals surface area contributed by atoms with Gasteiger partial charge in [-0.25, -0.2) is 0 Å². The minimum atomic E-state index is 0.257. The summed E-state index contributed by atoms with van der Waals surface area (Å²) in [6.07, 6.45) is 6.77. The quantitative estimate of drug-likeness (QED) is 0.792. The average molecular weight is 254 g/mol. The Morgan fingerprint density at radius 3 is 2.72 bits per heavy atom. The van der Waals surface area contributed by atoms with Crippen LogP contribution < -0.4 is 5.73 Å². The zero-order valence-electron chi connectivity index (χ0n) is 12.3. The summed E-state index contributed by atoms with van der Waals surface area (Å²) in [4.78, 5) is 14.3. The first-order valence-corrected chi connectivity index (χ1v) is 7.49. The minimum Gasteiger partial charge on any atom is -0.346 e. The Hall–Kier alpha value is -0.570. The highest BCUT2D eigenvalue weighted by molar-refractivity contribution is 5.78. The third kappa shape index (κ3) is 4.97. The smallest absolute Gasteiger partial charge is 0.225 e. The van der Waals surface area contributed by atoms with Gasteiger partial charge in [0.05, 0.1) is 0 Å². The number of carbonyl (C=O) groups is 1. The van der Waals surface area contributed by atoms with Crippen LogP contribution in [0.3, 0.4) is 0 Å². The summed E-state index contributed by atoms with van der Waals surface area (Å²) < 4.78 is 0. The lowest BCUT2D eigenvalue weighted by atomic mass is 9.79. The number of hydrogen-bond donors (Lipinski definition) is 1. The first-order valence-electron chi connectivity index (χ1n) is 7.49. The lowest BCUT2D eigenvalue weighted by Crippen LogP contribution is -2.36. The van der Waals surface area contributed by atoms with Gasteiger partial charge in [0.15, 0.2) is 0 Å². The van der Waals surface area contributed by atoms with Crippen LogP contribution in [-0.4, -0.2) is 30.9 Å². The molecule has 2 unspecified atom stereocenters. The van der Waals surface area contributed by atoms with Crippen molar-refractivity contribution in [2.75, 3.05) is 20.1 Å². The van der Waals surface area contributed by atoms with Crippen molar-refractivity contribution in [2.45, 2.75) is 52.4 Å². The van der Waals surface area contributed by atoms with Gasteiger partial charge in [0.25, 0.3) is 0 Å². The number of amides is 1. The molecule has 1 amide bonds. The highest BCUT2D eigenvalue weighted by atomic mass is 16.2. The second-order valence-corrected chi connectivity index (χ2v) is 6.25. The van der Waals surface area contributed by atoms with Gasteiger partial charge in [0.2, 0.25) is 5.91 Å². The van der Waals surface area contributed by atoms with E-state index in [9.17, 15) is 4.79 Å². The number of carbonyl (C=O) groups excluding carboxylic acids is 1. The lowest BCUT2D eigenvalue weighted by molar-refractivity contribution is -0.135. The van der Waals surface area contributed by atoms with E-state index in [0.717, 1.165) is 38.8 Å². The van der Waals surface area contributed by atoms with Crippen LogP contribution in [0.15, 0.2) is 0 Å². The molecule has 0 saturated heterocycles. The monoisotopic (exact) mass is 254 g/mol. The predicted octanol–water partition coefficient (Wildman–Crippen LogP) is 2.65. The van der Waals surface area contributed by atoms with E-state index in [1.54, 1.807) is 0 Å². The molecule has 3 nitrogen and oxygen atoms in total. The summed E-state index contributed by atoms with van der Waals surface area (Å²) in [6.45, 7) is 6.07. The topological polar surface area (TPSA) is 46.3 Å². The lowest BCUT2D eigenvalue weighted by Gasteiger charge is -2.31. The summed E-state index contributed by atoms with van der Waals surface area (Å²) in [6, 6.07) is 0. The van der Waals surface area contributed by atoms with Crippen molar-refractivity contribution >= 4 is 5.91 Å². The molecule has 0 aromatic carbocycles. The number of nitrogens with two attached hydrogens (primary N) is 1. The number of hydrogen-bond acceptors (Lipinski definition) is 2. The van der Waals surface area contributed by atoms with Crippen LogP contribution in [0, 0.1) is 17.8 Å².